The van der Waals surface area contributed by atoms with Crippen molar-refractivity contribution in [1.29, 1.82) is 0 Å². The fourth-order valence-corrected chi connectivity index (χ4v) is 9.38. The van der Waals surface area contributed by atoms with Crippen molar-refractivity contribution in [1.82, 2.24) is 9.13 Å². The zero-order chi connectivity index (χ0) is 37.5. The first-order chi connectivity index (χ1) is 28.3. The van der Waals surface area contributed by atoms with Crippen LogP contribution in [0.4, 0.5) is 0 Å². The molecule has 0 spiro atoms. The average molecular weight is 729 g/mol. The highest BCUT2D eigenvalue weighted by atomic mass is 16.5. The Morgan fingerprint density at radius 2 is 0.877 bits per heavy atom. The van der Waals surface area contributed by atoms with E-state index in [4.69, 9.17) is 4.74 Å². The molecule has 0 radical (unpaired) electrons. The van der Waals surface area contributed by atoms with Crippen LogP contribution in [0.25, 0.3) is 88.4 Å². The minimum atomic E-state index is 0.0682. The van der Waals surface area contributed by atoms with Gasteiger partial charge in [-0.2, -0.15) is 0 Å². The Balaban J connectivity index is 0.931. The van der Waals surface area contributed by atoms with Gasteiger partial charge in [0.05, 0.1) is 22.1 Å². The van der Waals surface area contributed by atoms with Crippen LogP contribution in [0, 0.1) is 0 Å². The van der Waals surface area contributed by atoms with Crippen LogP contribution in [0.3, 0.4) is 0 Å². The molecule has 2 atom stereocenters. The minimum Gasteiger partial charge on any atom is -0.484 e. The van der Waals surface area contributed by atoms with Crippen molar-refractivity contribution in [2.75, 3.05) is 0 Å². The molecule has 0 saturated heterocycles. The van der Waals surface area contributed by atoms with Crippen LogP contribution < -0.4 is 4.74 Å². The van der Waals surface area contributed by atoms with Gasteiger partial charge in [0.2, 0.25) is 0 Å². The standard InChI is InChI=1S/C54H36N2O/c1-2-11-35(12-3-1)36-21-27-40(28-22-36)55-49-18-7-4-13-43(49)47-33-38(25-31-51(47)55)39-26-32-52-48(34-39)44-14-5-8-19-50(44)56(52)41-29-23-37(24-30-41)42-16-10-17-46-45-15-6-9-20-53(45)57-54(42)46/h1-34,45,53H. The van der Waals surface area contributed by atoms with Gasteiger partial charge in [-0.25, -0.2) is 0 Å². The highest BCUT2D eigenvalue weighted by Crippen LogP contribution is 2.47. The largest absolute Gasteiger partial charge is 0.484 e. The second-order valence-electron chi connectivity index (χ2n) is 15.2. The third-order valence-electron chi connectivity index (χ3n) is 12.1. The lowest BCUT2D eigenvalue weighted by Crippen LogP contribution is -2.15. The van der Waals surface area contributed by atoms with Gasteiger partial charge in [-0.15, -0.1) is 0 Å². The Morgan fingerprint density at radius 3 is 1.51 bits per heavy atom. The van der Waals surface area contributed by atoms with Crippen molar-refractivity contribution in [3.63, 3.8) is 0 Å². The van der Waals surface area contributed by atoms with E-state index in [1.54, 1.807) is 0 Å². The summed E-state index contributed by atoms with van der Waals surface area (Å²) in [5.41, 5.74) is 15.5. The smallest absolute Gasteiger partial charge is 0.132 e. The monoisotopic (exact) mass is 728 g/mol. The van der Waals surface area contributed by atoms with Gasteiger partial charge in [0.15, 0.2) is 0 Å². The average Bonchev–Trinajstić information content (AvgIpc) is 3.94. The highest BCUT2D eigenvalue weighted by Gasteiger charge is 2.33. The maximum absolute atomic E-state index is 6.50. The number of para-hydroxylation sites is 3. The minimum absolute atomic E-state index is 0.0682. The Bertz CT molecular complexity index is 3250. The van der Waals surface area contributed by atoms with Crippen LogP contribution in [-0.4, -0.2) is 15.2 Å². The van der Waals surface area contributed by atoms with Crippen LogP contribution >= 0.6 is 0 Å². The van der Waals surface area contributed by atoms with Crippen LogP contribution in [0.15, 0.2) is 206 Å². The van der Waals surface area contributed by atoms with Crippen LogP contribution in [0.2, 0.25) is 0 Å². The molecule has 10 aromatic rings. The van der Waals surface area contributed by atoms with Crippen molar-refractivity contribution in [3.05, 3.63) is 212 Å². The summed E-state index contributed by atoms with van der Waals surface area (Å²) in [4.78, 5) is 0. The third-order valence-corrected chi connectivity index (χ3v) is 12.1. The predicted molar refractivity (Wildman–Crippen MR) is 237 cm³/mol. The van der Waals surface area contributed by atoms with E-state index in [1.807, 2.05) is 0 Å². The summed E-state index contributed by atoms with van der Waals surface area (Å²) >= 11 is 0. The molecule has 3 heteroatoms. The first kappa shape index (κ1) is 31.9. The van der Waals surface area contributed by atoms with E-state index in [-0.39, 0.29) is 12.0 Å². The van der Waals surface area contributed by atoms with E-state index in [0.717, 1.165) is 28.3 Å². The summed E-state index contributed by atoms with van der Waals surface area (Å²) in [6.07, 6.45) is 8.69. The molecule has 0 bridgehead atoms. The number of ether oxygens (including phenoxy) is 1. The van der Waals surface area contributed by atoms with Gasteiger partial charge >= 0.3 is 0 Å². The molecule has 0 fully saturated rings. The maximum Gasteiger partial charge on any atom is 0.132 e. The summed E-state index contributed by atoms with van der Waals surface area (Å²) in [5, 5.41) is 4.99. The van der Waals surface area contributed by atoms with Crippen LogP contribution in [0.5, 0.6) is 5.75 Å². The first-order valence-electron chi connectivity index (χ1n) is 19.7. The lowest BCUT2D eigenvalue weighted by atomic mass is 9.90. The van der Waals surface area contributed by atoms with Crippen LogP contribution in [0.1, 0.15) is 11.5 Å². The van der Waals surface area contributed by atoms with Gasteiger partial charge in [-0.1, -0.05) is 140 Å². The van der Waals surface area contributed by atoms with Gasteiger partial charge < -0.3 is 13.9 Å². The van der Waals surface area contributed by atoms with E-state index in [9.17, 15) is 0 Å². The third kappa shape index (κ3) is 4.99. The molecule has 268 valence electrons. The molecular formula is C54H36N2O. The van der Waals surface area contributed by atoms with Crippen LogP contribution in [-0.2, 0) is 0 Å². The van der Waals surface area contributed by atoms with Crippen molar-refractivity contribution in [2.45, 2.75) is 12.0 Å². The normalized spacial score (nSPS) is 15.7. The van der Waals surface area contributed by atoms with Crippen molar-refractivity contribution in [3.8, 4) is 50.5 Å². The number of allylic oxidation sites excluding steroid dienone is 2. The molecule has 1 aliphatic carbocycles. The SMILES string of the molecule is C1=CC2Oc3c(-c4ccc(-n5c6ccccc6c6cc(-c7ccc8c(c7)c7ccccc7n8-c7ccc(-c8ccccc8)cc7)ccc65)cc4)cccc3C2C=C1. The molecule has 1 aliphatic heterocycles. The second-order valence-corrected chi connectivity index (χ2v) is 15.2. The van der Waals surface area contributed by atoms with E-state index in [0.29, 0.717) is 0 Å². The Labute approximate surface area is 330 Å². The van der Waals surface area contributed by atoms with E-state index in [2.05, 4.69) is 215 Å². The zero-order valence-electron chi connectivity index (χ0n) is 31.1. The van der Waals surface area contributed by atoms with Gasteiger partial charge in [0.1, 0.15) is 11.9 Å². The summed E-state index contributed by atoms with van der Waals surface area (Å²) in [6.45, 7) is 0. The number of hydrogen-bond donors (Lipinski definition) is 0. The molecule has 12 rings (SSSR count). The van der Waals surface area contributed by atoms with E-state index >= 15 is 0 Å². The second kappa shape index (κ2) is 12.6. The van der Waals surface area contributed by atoms with Gasteiger partial charge in [-0.05, 0) is 94.6 Å². The molecule has 0 amide bonds. The molecule has 2 unspecified atom stereocenters. The predicted octanol–water partition coefficient (Wildman–Crippen LogP) is 13.9. The first-order valence-corrected chi connectivity index (χ1v) is 19.7. The number of aromatic nitrogens is 2. The summed E-state index contributed by atoms with van der Waals surface area (Å²) in [7, 11) is 0. The topological polar surface area (TPSA) is 19.1 Å². The summed E-state index contributed by atoms with van der Waals surface area (Å²) in [6, 6.07) is 66.4. The van der Waals surface area contributed by atoms with E-state index < -0.39 is 0 Å². The lowest BCUT2D eigenvalue weighted by molar-refractivity contribution is 0.270. The van der Waals surface area contributed by atoms with Crippen molar-refractivity contribution >= 4 is 43.6 Å². The molecule has 3 heterocycles. The lowest BCUT2D eigenvalue weighted by Gasteiger charge is -2.14. The molecule has 2 aliphatic rings. The van der Waals surface area contributed by atoms with Gasteiger partial charge in [0.25, 0.3) is 0 Å². The number of fused-ring (bicyclic) bond motifs is 9. The molecule has 8 aromatic carbocycles. The molecule has 2 aromatic heterocycles. The Morgan fingerprint density at radius 1 is 0.368 bits per heavy atom. The fourth-order valence-electron chi connectivity index (χ4n) is 9.38. The summed E-state index contributed by atoms with van der Waals surface area (Å²) < 4.78 is 11.3. The number of rotatable bonds is 5. The number of nitrogens with zero attached hydrogens (tertiary/aromatic N) is 2. The van der Waals surface area contributed by atoms with Crippen molar-refractivity contribution < 1.29 is 4.74 Å². The Kier molecular flexibility index (Phi) is 7.05. The molecular weight excluding hydrogens is 693 g/mol. The molecule has 3 nitrogen and oxygen atoms in total. The molecule has 0 N–H and O–H groups in total. The maximum atomic E-state index is 6.50. The van der Waals surface area contributed by atoms with Gasteiger partial charge in [-0.3, -0.25) is 0 Å². The molecule has 0 saturated carbocycles. The molecule has 57 heavy (non-hydrogen) atoms. The summed E-state index contributed by atoms with van der Waals surface area (Å²) in [5.74, 6) is 1.28. The van der Waals surface area contributed by atoms with Crippen molar-refractivity contribution in [2.24, 2.45) is 0 Å². The number of hydrogen-bond acceptors (Lipinski definition) is 1. The zero-order valence-corrected chi connectivity index (χ0v) is 31.1. The Hall–Kier alpha value is -7.36. The quantitative estimate of drug-likeness (QED) is 0.173. The van der Waals surface area contributed by atoms with Gasteiger partial charge in [0, 0.05) is 50.0 Å². The fraction of sp³-hybridized carbons (Fsp3) is 0.0370. The van der Waals surface area contributed by atoms with E-state index in [1.165, 1.54) is 71.4 Å². The number of benzene rings is 8. The highest BCUT2D eigenvalue weighted by molar-refractivity contribution is 6.12.